The minimum absolute atomic E-state index is 0.227. The fourth-order valence-electron chi connectivity index (χ4n) is 2.98. The highest BCUT2D eigenvalue weighted by Gasteiger charge is 2.23. The Morgan fingerprint density at radius 1 is 1.25 bits per heavy atom. The van der Waals surface area contributed by atoms with Gasteiger partial charge in [-0.25, -0.2) is 4.79 Å². The number of aliphatic hydroxyl groups excluding tert-OH is 1. The van der Waals surface area contributed by atoms with Crippen LogP contribution in [0.4, 0.5) is 10.5 Å². The topological polar surface area (TPSA) is 84.6 Å². The van der Waals surface area contributed by atoms with E-state index in [0.717, 1.165) is 36.0 Å². The Balaban J connectivity index is 1.63. The first-order valence-corrected chi connectivity index (χ1v) is 8.17. The standard InChI is InChI=1S/C19H22N2O3/c20-17-8-4-7-14-11-15(9-10-16(14)18(17)22)21-19(23)24-12-13-5-2-1-3-6-13/h1-3,5-6,9-11,17-18,22H,4,7-8,12,20H2,(H,21,23)/t17-,18+/m0/s1. The van der Waals surface area contributed by atoms with Crippen LogP contribution in [0.1, 0.15) is 35.6 Å². The fourth-order valence-corrected chi connectivity index (χ4v) is 2.98. The van der Waals surface area contributed by atoms with Gasteiger partial charge in [0.05, 0.1) is 6.10 Å². The summed E-state index contributed by atoms with van der Waals surface area (Å²) in [6.45, 7) is 0.227. The first-order chi connectivity index (χ1) is 11.6. The molecule has 0 aromatic heterocycles. The molecule has 0 aliphatic heterocycles. The third-order valence-electron chi connectivity index (χ3n) is 4.31. The van der Waals surface area contributed by atoms with Gasteiger partial charge in [-0.1, -0.05) is 36.4 Å². The fraction of sp³-hybridized carbons (Fsp3) is 0.316. The number of hydrogen-bond donors (Lipinski definition) is 3. The molecular formula is C19H22N2O3. The Hall–Kier alpha value is -2.37. The molecule has 1 aliphatic rings. The first-order valence-electron chi connectivity index (χ1n) is 8.17. The summed E-state index contributed by atoms with van der Waals surface area (Å²) in [7, 11) is 0. The number of fused-ring (bicyclic) bond motifs is 1. The first kappa shape index (κ1) is 16.5. The second-order valence-corrected chi connectivity index (χ2v) is 6.10. The van der Waals surface area contributed by atoms with Gasteiger partial charge in [0, 0.05) is 11.7 Å². The Morgan fingerprint density at radius 3 is 2.83 bits per heavy atom. The lowest BCUT2D eigenvalue weighted by molar-refractivity contribution is 0.144. The van der Waals surface area contributed by atoms with E-state index in [1.165, 1.54) is 0 Å². The summed E-state index contributed by atoms with van der Waals surface area (Å²) < 4.78 is 5.22. The lowest BCUT2D eigenvalue weighted by Gasteiger charge is -2.18. The van der Waals surface area contributed by atoms with E-state index < -0.39 is 12.2 Å². The number of ether oxygens (including phenoxy) is 1. The van der Waals surface area contributed by atoms with Crippen LogP contribution in [0.15, 0.2) is 48.5 Å². The van der Waals surface area contributed by atoms with Gasteiger partial charge in [-0.3, -0.25) is 5.32 Å². The van der Waals surface area contributed by atoms with Gasteiger partial charge in [0.1, 0.15) is 6.61 Å². The smallest absolute Gasteiger partial charge is 0.411 e. The van der Waals surface area contributed by atoms with E-state index in [2.05, 4.69) is 5.32 Å². The molecule has 1 amide bonds. The van der Waals surface area contributed by atoms with E-state index in [9.17, 15) is 9.90 Å². The number of rotatable bonds is 3. The number of carbonyl (C=O) groups excluding carboxylic acids is 1. The van der Waals surface area contributed by atoms with Crippen LogP contribution in [0.25, 0.3) is 0 Å². The molecule has 5 nitrogen and oxygen atoms in total. The molecule has 0 heterocycles. The highest BCUT2D eigenvalue weighted by molar-refractivity contribution is 5.84. The third kappa shape index (κ3) is 3.93. The number of aryl methyl sites for hydroxylation is 1. The van der Waals surface area contributed by atoms with Crippen molar-refractivity contribution in [2.45, 2.75) is 38.0 Å². The second-order valence-electron chi connectivity index (χ2n) is 6.10. The second kappa shape index (κ2) is 7.47. The van der Waals surface area contributed by atoms with E-state index in [-0.39, 0.29) is 12.6 Å². The molecule has 126 valence electrons. The van der Waals surface area contributed by atoms with Crippen LogP contribution in [0, 0.1) is 0 Å². The minimum Gasteiger partial charge on any atom is -0.444 e. The lowest BCUT2D eigenvalue weighted by atomic mass is 9.98. The normalized spacial score (nSPS) is 19.9. The van der Waals surface area contributed by atoms with Crippen molar-refractivity contribution in [2.75, 3.05) is 5.32 Å². The van der Waals surface area contributed by atoms with Gasteiger partial charge >= 0.3 is 6.09 Å². The molecule has 5 heteroatoms. The maximum Gasteiger partial charge on any atom is 0.411 e. The molecule has 24 heavy (non-hydrogen) atoms. The van der Waals surface area contributed by atoms with E-state index in [4.69, 9.17) is 10.5 Å². The summed E-state index contributed by atoms with van der Waals surface area (Å²) in [6.07, 6.45) is 1.41. The number of aliphatic hydroxyl groups is 1. The van der Waals surface area contributed by atoms with Crippen molar-refractivity contribution in [3.63, 3.8) is 0 Å². The molecule has 3 rings (SSSR count). The van der Waals surface area contributed by atoms with Crippen LogP contribution < -0.4 is 11.1 Å². The van der Waals surface area contributed by atoms with Crippen molar-refractivity contribution >= 4 is 11.8 Å². The van der Waals surface area contributed by atoms with Crippen molar-refractivity contribution in [1.29, 1.82) is 0 Å². The minimum atomic E-state index is -0.651. The van der Waals surface area contributed by atoms with Crippen molar-refractivity contribution in [3.8, 4) is 0 Å². The zero-order valence-corrected chi connectivity index (χ0v) is 13.4. The quantitative estimate of drug-likeness (QED) is 0.757. The Morgan fingerprint density at radius 2 is 2.04 bits per heavy atom. The van der Waals surface area contributed by atoms with Crippen molar-refractivity contribution in [3.05, 3.63) is 65.2 Å². The number of carbonyl (C=O) groups is 1. The average Bonchev–Trinajstić information content (AvgIpc) is 2.73. The molecule has 0 bridgehead atoms. The Kier molecular flexibility index (Phi) is 5.13. The van der Waals surface area contributed by atoms with E-state index in [0.29, 0.717) is 5.69 Å². The molecule has 0 fully saturated rings. The van der Waals surface area contributed by atoms with E-state index in [1.807, 2.05) is 42.5 Å². The molecule has 2 aromatic carbocycles. The SMILES string of the molecule is N[C@H]1CCCc2cc(NC(=O)OCc3ccccc3)ccc2[C@H]1O. The molecule has 1 aliphatic carbocycles. The van der Waals surface area contributed by atoms with Gasteiger partial charge in [-0.15, -0.1) is 0 Å². The van der Waals surface area contributed by atoms with Gasteiger partial charge in [-0.2, -0.15) is 0 Å². The number of nitrogens with one attached hydrogen (secondary N) is 1. The highest BCUT2D eigenvalue weighted by atomic mass is 16.5. The van der Waals surface area contributed by atoms with E-state index >= 15 is 0 Å². The number of anilines is 1. The maximum absolute atomic E-state index is 11.9. The molecule has 0 saturated heterocycles. The van der Waals surface area contributed by atoms with E-state index in [1.54, 1.807) is 6.07 Å². The zero-order valence-electron chi connectivity index (χ0n) is 13.4. The number of benzene rings is 2. The average molecular weight is 326 g/mol. The molecule has 0 radical (unpaired) electrons. The Bertz CT molecular complexity index is 703. The molecule has 0 spiro atoms. The zero-order chi connectivity index (χ0) is 16.9. The van der Waals surface area contributed by atoms with Gasteiger partial charge in [0.2, 0.25) is 0 Å². The predicted octanol–water partition coefficient (Wildman–Crippen LogP) is 3.13. The molecular weight excluding hydrogens is 304 g/mol. The number of hydrogen-bond acceptors (Lipinski definition) is 4. The monoisotopic (exact) mass is 326 g/mol. The number of nitrogens with two attached hydrogens (primary N) is 1. The summed E-state index contributed by atoms with van der Waals surface area (Å²) in [5.41, 5.74) is 9.44. The molecule has 2 atom stereocenters. The van der Waals surface area contributed by atoms with Crippen LogP contribution in [-0.4, -0.2) is 17.2 Å². The van der Waals surface area contributed by atoms with Crippen molar-refractivity contribution in [2.24, 2.45) is 5.73 Å². The maximum atomic E-state index is 11.9. The molecule has 2 aromatic rings. The molecule has 0 unspecified atom stereocenters. The van der Waals surface area contributed by atoms with Crippen LogP contribution in [0.5, 0.6) is 0 Å². The van der Waals surface area contributed by atoms with Crippen LogP contribution >= 0.6 is 0 Å². The van der Waals surface area contributed by atoms with Gasteiger partial charge in [0.15, 0.2) is 0 Å². The summed E-state index contributed by atoms with van der Waals surface area (Å²) in [4.78, 5) is 11.9. The van der Waals surface area contributed by atoms with Gasteiger partial charge in [0.25, 0.3) is 0 Å². The summed E-state index contributed by atoms with van der Waals surface area (Å²) in [6, 6.07) is 14.8. The highest BCUT2D eigenvalue weighted by Crippen LogP contribution is 2.30. The summed E-state index contributed by atoms with van der Waals surface area (Å²) in [5.74, 6) is 0. The van der Waals surface area contributed by atoms with Gasteiger partial charge < -0.3 is 15.6 Å². The Labute approximate surface area is 141 Å². The van der Waals surface area contributed by atoms with Crippen molar-refractivity contribution in [1.82, 2.24) is 0 Å². The largest absolute Gasteiger partial charge is 0.444 e. The molecule has 0 saturated carbocycles. The van der Waals surface area contributed by atoms with Crippen molar-refractivity contribution < 1.29 is 14.6 Å². The summed E-state index contributed by atoms with van der Waals surface area (Å²) in [5, 5.41) is 13.0. The number of amides is 1. The summed E-state index contributed by atoms with van der Waals surface area (Å²) >= 11 is 0. The lowest BCUT2D eigenvalue weighted by Crippen LogP contribution is -2.27. The van der Waals surface area contributed by atoms with Crippen LogP contribution in [-0.2, 0) is 17.8 Å². The van der Waals surface area contributed by atoms with Crippen LogP contribution in [0.3, 0.4) is 0 Å². The predicted molar refractivity (Wildman–Crippen MR) is 92.6 cm³/mol. The third-order valence-corrected chi connectivity index (χ3v) is 4.31. The van der Waals surface area contributed by atoms with Crippen LogP contribution in [0.2, 0.25) is 0 Å². The van der Waals surface area contributed by atoms with Gasteiger partial charge in [-0.05, 0) is 48.1 Å². The molecule has 4 N–H and O–H groups in total.